The van der Waals surface area contributed by atoms with Crippen molar-refractivity contribution in [2.45, 2.75) is 39.4 Å². The van der Waals surface area contributed by atoms with Gasteiger partial charge in [0.05, 0.1) is 0 Å². The Balaban J connectivity index is 3.62. The maximum absolute atomic E-state index is 11.2. The molecule has 0 aromatic rings. The van der Waals surface area contributed by atoms with E-state index >= 15 is 0 Å². The van der Waals surface area contributed by atoms with Crippen LogP contribution in [0.3, 0.4) is 0 Å². The maximum Gasteiger partial charge on any atom is 0.246 e. The lowest BCUT2D eigenvalue weighted by Gasteiger charge is -2.21. The second-order valence-corrected chi connectivity index (χ2v) is 8.64. The van der Waals surface area contributed by atoms with Crippen LogP contribution in [-0.4, -0.2) is 27.4 Å². The van der Waals surface area contributed by atoms with E-state index in [4.69, 9.17) is 4.43 Å². The lowest BCUT2D eigenvalue weighted by molar-refractivity contribution is -0.117. The van der Waals surface area contributed by atoms with E-state index < -0.39 is 8.32 Å². The quantitative estimate of drug-likeness (QED) is 0.413. The van der Waals surface area contributed by atoms with Gasteiger partial charge in [-0.2, -0.15) is 0 Å². The Morgan fingerprint density at radius 3 is 2.53 bits per heavy atom. The average molecular weight is 229 g/mol. The summed E-state index contributed by atoms with van der Waals surface area (Å²) in [6.07, 6.45) is 0.984. The third kappa shape index (κ3) is 7.33. The second-order valence-electron chi connectivity index (χ2n) is 4.33. The molecule has 0 rings (SSSR count). The Labute approximate surface area is 94.0 Å². The van der Waals surface area contributed by atoms with Gasteiger partial charge in [0, 0.05) is 18.7 Å². The SMILES string of the molecule is C=C(C)C(=O)NCCC[Si](C)(C)OCC. The summed E-state index contributed by atoms with van der Waals surface area (Å²) < 4.78 is 5.69. The van der Waals surface area contributed by atoms with Gasteiger partial charge in [-0.15, -0.1) is 0 Å². The number of amides is 1. The zero-order chi connectivity index (χ0) is 11.9. The fourth-order valence-corrected chi connectivity index (χ4v) is 3.28. The van der Waals surface area contributed by atoms with Crippen LogP contribution in [0.25, 0.3) is 0 Å². The first kappa shape index (κ1) is 14.4. The zero-order valence-corrected chi connectivity index (χ0v) is 11.4. The molecular weight excluding hydrogens is 206 g/mol. The number of carbonyl (C=O) groups is 1. The molecule has 0 spiro atoms. The molecule has 0 aliphatic heterocycles. The van der Waals surface area contributed by atoms with Crippen molar-refractivity contribution in [3.05, 3.63) is 12.2 Å². The molecule has 0 aliphatic rings. The summed E-state index contributed by atoms with van der Waals surface area (Å²) in [5.41, 5.74) is 0.566. The summed E-state index contributed by atoms with van der Waals surface area (Å²) >= 11 is 0. The van der Waals surface area contributed by atoms with Gasteiger partial charge in [0.25, 0.3) is 0 Å². The summed E-state index contributed by atoms with van der Waals surface area (Å²) in [5.74, 6) is -0.0501. The molecular formula is C11H23NO2Si. The fourth-order valence-electron chi connectivity index (χ4n) is 1.33. The van der Waals surface area contributed by atoms with Crippen molar-refractivity contribution in [2.24, 2.45) is 0 Å². The minimum atomic E-state index is -1.48. The fraction of sp³-hybridized carbons (Fsp3) is 0.727. The van der Waals surface area contributed by atoms with Gasteiger partial charge < -0.3 is 9.74 Å². The van der Waals surface area contributed by atoms with Crippen molar-refractivity contribution in [3.8, 4) is 0 Å². The Bertz CT molecular complexity index is 227. The summed E-state index contributed by atoms with van der Waals surface area (Å²) in [7, 11) is -1.48. The number of carbonyl (C=O) groups excluding carboxylic acids is 1. The monoisotopic (exact) mass is 229 g/mol. The van der Waals surface area contributed by atoms with Crippen LogP contribution >= 0.6 is 0 Å². The minimum absolute atomic E-state index is 0.0501. The minimum Gasteiger partial charge on any atom is -0.418 e. The van der Waals surface area contributed by atoms with Gasteiger partial charge in [0.2, 0.25) is 5.91 Å². The lowest BCUT2D eigenvalue weighted by Crippen LogP contribution is -2.32. The summed E-state index contributed by atoms with van der Waals surface area (Å²) in [5, 5.41) is 2.82. The molecule has 1 amide bonds. The predicted molar refractivity (Wildman–Crippen MR) is 66.4 cm³/mol. The maximum atomic E-state index is 11.2. The predicted octanol–water partition coefficient (Wildman–Crippen LogP) is 2.31. The van der Waals surface area contributed by atoms with Gasteiger partial charge >= 0.3 is 0 Å². The zero-order valence-electron chi connectivity index (χ0n) is 10.4. The van der Waals surface area contributed by atoms with Gasteiger partial charge in [-0.05, 0) is 39.4 Å². The van der Waals surface area contributed by atoms with E-state index in [-0.39, 0.29) is 5.91 Å². The summed E-state index contributed by atoms with van der Waals surface area (Å²) in [6, 6.07) is 1.08. The topological polar surface area (TPSA) is 38.3 Å². The Hall–Kier alpha value is -0.613. The van der Waals surface area contributed by atoms with Crippen molar-refractivity contribution >= 4 is 14.2 Å². The molecule has 0 fully saturated rings. The highest BCUT2D eigenvalue weighted by molar-refractivity contribution is 6.71. The van der Waals surface area contributed by atoms with Crippen LogP contribution < -0.4 is 5.32 Å². The third-order valence-corrected chi connectivity index (χ3v) is 4.79. The standard InChI is InChI=1S/C11H23NO2Si/c1-6-14-15(4,5)9-7-8-12-11(13)10(2)3/h2,6-9H2,1,3-5H3,(H,12,13). The molecule has 3 nitrogen and oxygen atoms in total. The lowest BCUT2D eigenvalue weighted by atomic mass is 10.3. The molecule has 15 heavy (non-hydrogen) atoms. The molecule has 0 heterocycles. The molecule has 1 N–H and O–H groups in total. The molecule has 0 saturated carbocycles. The Morgan fingerprint density at radius 1 is 1.47 bits per heavy atom. The molecule has 0 aromatic carbocycles. The molecule has 4 heteroatoms. The smallest absolute Gasteiger partial charge is 0.246 e. The van der Waals surface area contributed by atoms with E-state index in [1.807, 2.05) is 6.92 Å². The summed E-state index contributed by atoms with van der Waals surface area (Å²) in [6.45, 7) is 13.2. The molecule has 88 valence electrons. The first-order chi connectivity index (χ1) is 6.89. The molecule has 0 saturated heterocycles. The number of hydrogen-bond acceptors (Lipinski definition) is 2. The van der Waals surface area contributed by atoms with Crippen molar-refractivity contribution in [2.75, 3.05) is 13.2 Å². The molecule has 0 bridgehead atoms. The van der Waals surface area contributed by atoms with Crippen molar-refractivity contribution in [1.82, 2.24) is 5.32 Å². The second kappa shape index (κ2) is 6.79. The van der Waals surface area contributed by atoms with Crippen LogP contribution in [0, 0.1) is 0 Å². The van der Waals surface area contributed by atoms with Crippen LogP contribution in [0.15, 0.2) is 12.2 Å². The van der Waals surface area contributed by atoms with Crippen molar-refractivity contribution in [3.63, 3.8) is 0 Å². The number of rotatable bonds is 7. The van der Waals surface area contributed by atoms with Crippen LogP contribution in [0.4, 0.5) is 0 Å². The summed E-state index contributed by atoms with van der Waals surface area (Å²) in [4.78, 5) is 11.2. The van der Waals surface area contributed by atoms with E-state index in [1.165, 1.54) is 0 Å². The largest absolute Gasteiger partial charge is 0.418 e. The van der Waals surface area contributed by atoms with Crippen molar-refractivity contribution < 1.29 is 9.22 Å². The normalized spacial score (nSPS) is 11.2. The third-order valence-electron chi connectivity index (χ3n) is 2.16. The Morgan fingerprint density at radius 2 is 2.07 bits per heavy atom. The van der Waals surface area contributed by atoms with E-state index in [0.29, 0.717) is 5.57 Å². The molecule has 0 unspecified atom stereocenters. The van der Waals surface area contributed by atoms with E-state index in [2.05, 4.69) is 25.0 Å². The van der Waals surface area contributed by atoms with Gasteiger partial charge in [-0.3, -0.25) is 4.79 Å². The first-order valence-electron chi connectivity index (χ1n) is 5.46. The van der Waals surface area contributed by atoms with Crippen molar-refractivity contribution in [1.29, 1.82) is 0 Å². The molecule has 0 aliphatic carbocycles. The highest BCUT2D eigenvalue weighted by Gasteiger charge is 2.20. The van der Waals surface area contributed by atoms with Crippen LogP contribution in [-0.2, 0) is 9.22 Å². The molecule has 0 atom stereocenters. The van der Waals surface area contributed by atoms with Crippen LogP contribution in [0.1, 0.15) is 20.3 Å². The van der Waals surface area contributed by atoms with Gasteiger partial charge in [-0.25, -0.2) is 0 Å². The van der Waals surface area contributed by atoms with Gasteiger partial charge in [-0.1, -0.05) is 6.58 Å². The van der Waals surface area contributed by atoms with Gasteiger partial charge in [0.15, 0.2) is 8.32 Å². The molecule has 0 radical (unpaired) electrons. The van der Waals surface area contributed by atoms with E-state index in [1.54, 1.807) is 6.92 Å². The van der Waals surface area contributed by atoms with Gasteiger partial charge in [0.1, 0.15) is 0 Å². The van der Waals surface area contributed by atoms with Crippen LogP contribution in [0.5, 0.6) is 0 Å². The Kier molecular flexibility index (Phi) is 6.52. The highest BCUT2D eigenvalue weighted by Crippen LogP contribution is 2.12. The highest BCUT2D eigenvalue weighted by atomic mass is 28.4. The number of nitrogens with one attached hydrogen (secondary N) is 1. The molecule has 0 aromatic heterocycles. The average Bonchev–Trinajstić information content (AvgIpc) is 2.11. The van der Waals surface area contributed by atoms with Crippen LogP contribution in [0.2, 0.25) is 19.1 Å². The number of hydrogen-bond donors (Lipinski definition) is 1. The first-order valence-corrected chi connectivity index (χ1v) is 8.58. The van der Waals surface area contributed by atoms with E-state index in [9.17, 15) is 4.79 Å². The van der Waals surface area contributed by atoms with E-state index in [0.717, 1.165) is 25.6 Å².